The number of fused-ring (bicyclic) bond motifs is 1. The van der Waals surface area contributed by atoms with Crippen LogP contribution in [0.15, 0.2) is 42.5 Å². The van der Waals surface area contributed by atoms with Gasteiger partial charge in [0.05, 0.1) is 16.0 Å². The lowest BCUT2D eigenvalue weighted by Gasteiger charge is -2.07. The smallest absolute Gasteiger partial charge is 0.310 e. The number of aryl methyl sites for hydroxylation is 1. The molecule has 8 nitrogen and oxygen atoms in total. The molecule has 0 bridgehead atoms. The molecule has 0 aliphatic heterocycles. The molecule has 0 spiro atoms. The van der Waals surface area contributed by atoms with Crippen molar-refractivity contribution in [1.29, 1.82) is 0 Å². The minimum Gasteiger partial charge on any atom is -0.477 e. The molecule has 0 unspecified atom stereocenters. The molecule has 0 radical (unpaired) electrons. The van der Waals surface area contributed by atoms with E-state index in [0.29, 0.717) is 5.69 Å². The number of benzene rings is 2. The average Bonchev–Trinajstić information content (AvgIpc) is 3.07. The second kappa shape index (κ2) is 8.31. The fourth-order valence-corrected chi connectivity index (χ4v) is 2.67. The maximum absolute atomic E-state index is 12.1. The van der Waals surface area contributed by atoms with Gasteiger partial charge in [0, 0.05) is 18.2 Å². The van der Waals surface area contributed by atoms with E-state index in [1.54, 1.807) is 24.3 Å². The summed E-state index contributed by atoms with van der Waals surface area (Å²) in [6, 6.07) is 11.3. The van der Waals surface area contributed by atoms with Crippen LogP contribution in [0, 0.1) is 10.1 Å². The number of imidazole rings is 1. The minimum atomic E-state index is -0.546. The number of carbonyl (C=O) groups is 1. The van der Waals surface area contributed by atoms with E-state index in [9.17, 15) is 14.9 Å². The van der Waals surface area contributed by atoms with Crippen molar-refractivity contribution in [3.63, 3.8) is 0 Å². The topological polar surface area (TPSA) is 110 Å². The van der Waals surface area contributed by atoms with Crippen LogP contribution in [0.5, 0.6) is 5.75 Å². The maximum Gasteiger partial charge on any atom is 0.310 e. The number of nitro groups is 1. The standard InChI is InChI=1S/C19H20N4O4/c1-2-3-8-18-21-14-10-9-13(11-15(14)22-18)20-19(24)12-27-17-7-5-4-6-16(17)23(25)26/h4-7,9-11H,2-3,8,12H2,1H3,(H,20,24)(H,21,22). The van der Waals surface area contributed by atoms with Crippen molar-refractivity contribution in [3.8, 4) is 5.75 Å². The zero-order chi connectivity index (χ0) is 19.2. The van der Waals surface area contributed by atoms with Gasteiger partial charge in [-0.05, 0) is 30.7 Å². The van der Waals surface area contributed by atoms with Crippen molar-refractivity contribution in [1.82, 2.24) is 9.97 Å². The van der Waals surface area contributed by atoms with Gasteiger partial charge in [-0.2, -0.15) is 0 Å². The van der Waals surface area contributed by atoms with Gasteiger partial charge in [0.1, 0.15) is 5.82 Å². The lowest BCUT2D eigenvalue weighted by atomic mass is 10.2. The summed E-state index contributed by atoms with van der Waals surface area (Å²) in [6.07, 6.45) is 3.04. The number of amides is 1. The van der Waals surface area contributed by atoms with E-state index < -0.39 is 10.8 Å². The van der Waals surface area contributed by atoms with Crippen LogP contribution >= 0.6 is 0 Å². The number of hydrogen-bond donors (Lipinski definition) is 2. The van der Waals surface area contributed by atoms with Gasteiger partial charge in [0.25, 0.3) is 5.91 Å². The SMILES string of the molecule is CCCCc1nc2ccc(NC(=O)COc3ccccc3[N+](=O)[O-])cc2[nH]1. The van der Waals surface area contributed by atoms with Gasteiger partial charge in [-0.25, -0.2) is 4.98 Å². The second-order valence-electron chi connectivity index (χ2n) is 6.08. The first-order valence-electron chi connectivity index (χ1n) is 8.71. The highest BCUT2D eigenvalue weighted by Gasteiger charge is 2.15. The molecule has 2 aromatic carbocycles. The quantitative estimate of drug-likeness (QED) is 0.464. The van der Waals surface area contributed by atoms with E-state index in [0.717, 1.165) is 36.1 Å². The fraction of sp³-hybridized carbons (Fsp3) is 0.263. The Hall–Kier alpha value is -3.42. The van der Waals surface area contributed by atoms with Crippen LogP contribution < -0.4 is 10.1 Å². The highest BCUT2D eigenvalue weighted by atomic mass is 16.6. The zero-order valence-electron chi connectivity index (χ0n) is 14.9. The molecule has 0 saturated heterocycles. The number of para-hydroxylation sites is 2. The molecule has 140 valence electrons. The van der Waals surface area contributed by atoms with Crippen LogP contribution in [0.4, 0.5) is 11.4 Å². The number of nitrogens with one attached hydrogen (secondary N) is 2. The first-order chi connectivity index (χ1) is 13.1. The molecule has 0 fully saturated rings. The molecule has 8 heteroatoms. The Labute approximate surface area is 155 Å². The van der Waals surface area contributed by atoms with Crippen LogP contribution in [0.25, 0.3) is 11.0 Å². The van der Waals surface area contributed by atoms with Crippen molar-refractivity contribution >= 4 is 28.3 Å². The summed E-state index contributed by atoms with van der Waals surface area (Å²) in [7, 11) is 0. The monoisotopic (exact) mass is 368 g/mol. The lowest BCUT2D eigenvalue weighted by molar-refractivity contribution is -0.385. The summed E-state index contributed by atoms with van der Waals surface area (Å²) in [5.74, 6) is 0.579. The van der Waals surface area contributed by atoms with Gasteiger partial charge < -0.3 is 15.0 Å². The molecule has 2 N–H and O–H groups in total. The van der Waals surface area contributed by atoms with Crippen LogP contribution in [0.2, 0.25) is 0 Å². The van der Waals surface area contributed by atoms with Crippen molar-refractivity contribution in [2.24, 2.45) is 0 Å². The van der Waals surface area contributed by atoms with Gasteiger partial charge in [0.15, 0.2) is 12.4 Å². The summed E-state index contributed by atoms with van der Waals surface area (Å²) < 4.78 is 5.29. The molecular weight excluding hydrogens is 348 g/mol. The highest BCUT2D eigenvalue weighted by molar-refractivity contribution is 5.94. The summed E-state index contributed by atoms with van der Waals surface area (Å²) >= 11 is 0. The molecule has 1 amide bonds. The van der Waals surface area contributed by atoms with Crippen molar-refractivity contribution < 1.29 is 14.5 Å². The first-order valence-corrected chi connectivity index (χ1v) is 8.71. The van der Waals surface area contributed by atoms with E-state index in [1.807, 2.05) is 6.07 Å². The number of hydrogen-bond acceptors (Lipinski definition) is 5. The summed E-state index contributed by atoms with van der Waals surface area (Å²) in [5.41, 5.74) is 2.11. The number of H-pyrrole nitrogens is 1. The summed E-state index contributed by atoms with van der Waals surface area (Å²) in [4.78, 5) is 30.3. The first kappa shape index (κ1) is 18.4. The number of nitro benzene ring substituents is 1. The highest BCUT2D eigenvalue weighted by Crippen LogP contribution is 2.25. The van der Waals surface area contributed by atoms with Crippen molar-refractivity contribution in [2.75, 3.05) is 11.9 Å². The number of carbonyl (C=O) groups excluding carboxylic acids is 1. The molecule has 0 saturated carbocycles. The van der Waals surface area contributed by atoms with Crippen LogP contribution in [-0.2, 0) is 11.2 Å². The Morgan fingerprint density at radius 1 is 1.30 bits per heavy atom. The lowest BCUT2D eigenvalue weighted by Crippen LogP contribution is -2.20. The number of rotatable bonds is 8. The molecule has 1 heterocycles. The van der Waals surface area contributed by atoms with Crippen LogP contribution in [0.1, 0.15) is 25.6 Å². The molecular formula is C19H20N4O4. The third kappa shape index (κ3) is 4.60. The second-order valence-corrected chi connectivity index (χ2v) is 6.08. The van der Waals surface area contributed by atoms with Crippen LogP contribution in [-0.4, -0.2) is 27.4 Å². The molecule has 1 aromatic heterocycles. The number of aromatic amines is 1. The predicted octanol–water partition coefficient (Wildman–Crippen LogP) is 3.83. The largest absolute Gasteiger partial charge is 0.477 e. The molecule has 0 atom stereocenters. The van der Waals surface area contributed by atoms with Gasteiger partial charge in [0.2, 0.25) is 0 Å². The van der Waals surface area contributed by atoms with E-state index in [-0.39, 0.29) is 18.0 Å². The number of ether oxygens (including phenoxy) is 1. The molecule has 27 heavy (non-hydrogen) atoms. The normalized spacial score (nSPS) is 10.7. The molecule has 3 rings (SSSR count). The molecule has 0 aliphatic rings. The Morgan fingerprint density at radius 3 is 2.89 bits per heavy atom. The Balaban J connectivity index is 1.63. The Bertz CT molecular complexity index is 967. The van der Waals surface area contributed by atoms with E-state index in [1.165, 1.54) is 12.1 Å². The summed E-state index contributed by atoms with van der Waals surface area (Å²) in [5, 5.41) is 13.7. The average molecular weight is 368 g/mol. The van der Waals surface area contributed by atoms with E-state index >= 15 is 0 Å². The zero-order valence-corrected chi connectivity index (χ0v) is 14.9. The van der Waals surface area contributed by atoms with Gasteiger partial charge in [-0.3, -0.25) is 14.9 Å². The molecule has 0 aliphatic carbocycles. The van der Waals surface area contributed by atoms with E-state index in [2.05, 4.69) is 22.2 Å². The third-order valence-electron chi connectivity index (χ3n) is 4.00. The van der Waals surface area contributed by atoms with Gasteiger partial charge in [-0.1, -0.05) is 25.5 Å². The summed E-state index contributed by atoms with van der Waals surface area (Å²) in [6.45, 7) is 1.80. The molecule has 3 aromatic rings. The number of unbranched alkanes of at least 4 members (excludes halogenated alkanes) is 1. The van der Waals surface area contributed by atoms with Gasteiger partial charge >= 0.3 is 5.69 Å². The van der Waals surface area contributed by atoms with Crippen LogP contribution in [0.3, 0.4) is 0 Å². The number of nitrogens with zero attached hydrogens (tertiary/aromatic N) is 2. The third-order valence-corrected chi connectivity index (χ3v) is 4.00. The predicted molar refractivity (Wildman–Crippen MR) is 102 cm³/mol. The number of anilines is 1. The maximum atomic E-state index is 12.1. The fourth-order valence-electron chi connectivity index (χ4n) is 2.67. The Kier molecular flexibility index (Phi) is 5.65. The minimum absolute atomic E-state index is 0.0576. The Morgan fingerprint density at radius 2 is 2.11 bits per heavy atom. The van der Waals surface area contributed by atoms with Crippen molar-refractivity contribution in [2.45, 2.75) is 26.2 Å². The van der Waals surface area contributed by atoms with Gasteiger partial charge in [-0.15, -0.1) is 0 Å². The van der Waals surface area contributed by atoms with Crippen molar-refractivity contribution in [3.05, 3.63) is 58.4 Å². The van der Waals surface area contributed by atoms with E-state index in [4.69, 9.17) is 4.74 Å². The number of aromatic nitrogens is 2.